The minimum absolute atomic E-state index is 0.0265. The molecule has 1 aromatic carbocycles. The topological polar surface area (TPSA) is 113 Å². The van der Waals surface area contributed by atoms with Gasteiger partial charge in [0.25, 0.3) is 5.91 Å². The number of carbonyl (C=O) groups is 1. The Labute approximate surface area is 105 Å². The molecule has 0 aromatic heterocycles. The van der Waals surface area contributed by atoms with Gasteiger partial charge >= 0.3 is 0 Å². The van der Waals surface area contributed by atoms with Gasteiger partial charge in [-0.05, 0) is 18.2 Å². The number of hydrogen-bond donors (Lipinski definition) is 3. The summed E-state index contributed by atoms with van der Waals surface area (Å²) in [6.45, 7) is 3.37. The average Bonchev–Trinajstić information content (AvgIpc) is 2.28. The molecule has 1 aromatic rings. The Bertz CT molecular complexity index is 593. The Hall–Kier alpha value is -2.15. The highest BCUT2D eigenvalue weighted by atomic mass is 32.2. The maximum Gasteiger partial charge on any atom is 0.257 e. The molecule has 7 heteroatoms. The lowest BCUT2D eigenvalue weighted by Crippen LogP contribution is -2.35. The van der Waals surface area contributed by atoms with Crippen LogP contribution in [0.25, 0.3) is 0 Å². The third-order valence-electron chi connectivity index (χ3n) is 2.04. The molecule has 6 nitrogen and oxygen atoms in total. The summed E-state index contributed by atoms with van der Waals surface area (Å²) in [5, 5.41) is 9.01. The number of amides is 1. The largest absolute Gasteiger partial charge is 0.370 e. The molecular weight excluding hydrogens is 254 g/mol. The van der Waals surface area contributed by atoms with Crippen LogP contribution < -0.4 is 11.1 Å². The Morgan fingerprint density at radius 3 is 2.72 bits per heavy atom. The second kappa shape index (κ2) is 5.46. The van der Waals surface area contributed by atoms with E-state index >= 15 is 0 Å². The quantitative estimate of drug-likeness (QED) is 0.413. The highest BCUT2D eigenvalue weighted by molar-refractivity contribution is 7.91. The first-order valence-corrected chi connectivity index (χ1v) is 6.61. The van der Waals surface area contributed by atoms with Crippen LogP contribution in [0.5, 0.6) is 0 Å². The first-order chi connectivity index (χ1) is 8.36. The van der Waals surface area contributed by atoms with E-state index in [9.17, 15) is 13.2 Å². The molecule has 0 saturated heterocycles. The van der Waals surface area contributed by atoms with E-state index in [4.69, 9.17) is 11.1 Å². The molecule has 0 aliphatic rings. The summed E-state index contributed by atoms with van der Waals surface area (Å²) >= 11 is 0. The zero-order chi connectivity index (χ0) is 13.8. The Morgan fingerprint density at radius 2 is 2.17 bits per heavy atom. The molecule has 0 aliphatic heterocycles. The fourth-order valence-corrected chi connectivity index (χ4v) is 2.37. The molecule has 18 heavy (non-hydrogen) atoms. The van der Waals surface area contributed by atoms with Gasteiger partial charge in [0.2, 0.25) is 0 Å². The van der Waals surface area contributed by atoms with Crippen molar-refractivity contribution in [2.24, 2.45) is 5.73 Å². The monoisotopic (exact) mass is 267 g/mol. The number of guanidine groups is 1. The number of nitrogens with one attached hydrogen (secondary N) is 2. The van der Waals surface area contributed by atoms with E-state index in [0.29, 0.717) is 0 Å². The minimum Gasteiger partial charge on any atom is -0.370 e. The molecule has 0 bridgehead atoms. The summed E-state index contributed by atoms with van der Waals surface area (Å²) in [6, 6.07) is 5.51. The maximum absolute atomic E-state index is 11.8. The fraction of sp³-hybridized carbons (Fsp3) is 0.0909. The van der Waals surface area contributed by atoms with Crippen LogP contribution in [0.3, 0.4) is 0 Å². The summed E-state index contributed by atoms with van der Waals surface area (Å²) < 4.78 is 23.5. The summed E-state index contributed by atoms with van der Waals surface area (Å²) in [6.07, 6.45) is 1.28. The number of rotatable bonds is 4. The maximum atomic E-state index is 11.8. The predicted octanol–water partition coefficient (Wildman–Crippen LogP) is 0.270. The molecule has 0 saturated carbocycles. The molecule has 4 N–H and O–H groups in total. The molecule has 0 spiro atoms. The van der Waals surface area contributed by atoms with Crippen molar-refractivity contribution in [3.8, 4) is 0 Å². The third-order valence-corrected chi connectivity index (χ3v) is 3.69. The van der Waals surface area contributed by atoms with Crippen LogP contribution in [0.2, 0.25) is 0 Å². The molecule has 96 valence electrons. The minimum atomic E-state index is -3.48. The highest BCUT2D eigenvalue weighted by Crippen LogP contribution is 2.13. The van der Waals surface area contributed by atoms with Gasteiger partial charge in [-0.25, -0.2) is 8.42 Å². The van der Waals surface area contributed by atoms with Crippen molar-refractivity contribution < 1.29 is 13.2 Å². The molecule has 0 heterocycles. The van der Waals surface area contributed by atoms with Gasteiger partial charge in [0.1, 0.15) is 0 Å². The van der Waals surface area contributed by atoms with Crippen molar-refractivity contribution in [2.45, 2.75) is 4.90 Å². The Morgan fingerprint density at radius 1 is 1.50 bits per heavy atom. The Balaban J connectivity index is 3.10. The van der Waals surface area contributed by atoms with Crippen molar-refractivity contribution in [1.82, 2.24) is 5.32 Å². The number of benzene rings is 1. The van der Waals surface area contributed by atoms with Gasteiger partial charge in [0.05, 0.1) is 10.6 Å². The standard InChI is InChI=1S/C11H13N3O3S/c1-2-6-18(16,17)9-5-3-4-8(7-9)10(15)14-11(12)13/h2-5,7H,1,6H2,(H4,12,13,14,15). The average molecular weight is 267 g/mol. The highest BCUT2D eigenvalue weighted by Gasteiger charge is 2.15. The lowest BCUT2D eigenvalue weighted by Gasteiger charge is -2.05. The molecule has 0 radical (unpaired) electrons. The lowest BCUT2D eigenvalue weighted by atomic mass is 10.2. The lowest BCUT2D eigenvalue weighted by molar-refractivity contribution is 0.0976. The second-order valence-corrected chi connectivity index (χ2v) is 5.50. The smallest absolute Gasteiger partial charge is 0.257 e. The van der Waals surface area contributed by atoms with Gasteiger partial charge in [-0.3, -0.25) is 15.5 Å². The third kappa shape index (κ3) is 3.42. The van der Waals surface area contributed by atoms with Crippen molar-refractivity contribution in [3.05, 3.63) is 42.5 Å². The van der Waals surface area contributed by atoms with E-state index < -0.39 is 21.7 Å². The summed E-state index contributed by atoms with van der Waals surface area (Å²) in [5.74, 6) is -1.33. The Kier molecular flexibility index (Phi) is 4.22. The fourth-order valence-electron chi connectivity index (χ4n) is 1.28. The van der Waals surface area contributed by atoms with Crippen molar-refractivity contribution in [1.29, 1.82) is 5.41 Å². The zero-order valence-electron chi connectivity index (χ0n) is 9.51. The van der Waals surface area contributed by atoms with Gasteiger partial charge in [-0.2, -0.15) is 0 Å². The first-order valence-electron chi connectivity index (χ1n) is 4.96. The van der Waals surface area contributed by atoms with Crippen LogP contribution in [-0.4, -0.2) is 26.0 Å². The molecule has 0 unspecified atom stereocenters. The van der Waals surface area contributed by atoms with Gasteiger partial charge < -0.3 is 5.73 Å². The van der Waals surface area contributed by atoms with Gasteiger partial charge in [0, 0.05) is 5.56 Å². The summed E-state index contributed by atoms with van der Waals surface area (Å²) in [5.41, 5.74) is 5.14. The zero-order valence-corrected chi connectivity index (χ0v) is 10.3. The van der Waals surface area contributed by atoms with E-state index in [1.807, 2.05) is 0 Å². The molecule has 0 atom stereocenters. The van der Waals surface area contributed by atoms with Crippen molar-refractivity contribution in [2.75, 3.05) is 5.75 Å². The van der Waals surface area contributed by atoms with Gasteiger partial charge in [0.15, 0.2) is 15.8 Å². The number of carbonyl (C=O) groups excluding carboxylic acids is 1. The molecule has 1 amide bonds. The second-order valence-electron chi connectivity index (χ2n) is 3.47. The molecule has 0 aliphatic carbocycles. The van der Waals surface area contributed by atoms with Crippen LogP contribution in [0.15, 0.2) is 41.8 Å². The van der Waals surface area contributed by atoms with Crippen LogP contribution in [0, 0.1) is 5.41 Å². The van der Waals surface area contributed by atoms with Crippen molar-refractivity contribution >= 4 is 21.7 Å². The SMILES string of the molecule is C=CCS(=O)(=O)c1cccc(C(=O)NC(=N)N)c1. The number of nitrogens with two attached hydrogens (primary N) is 1. The van der Waals surface area contributed by atoms with Gasteiger partial charge in [-0.15, -0.1) is 6.58 Å². The summed E-state index contributed by atoms with van der Waals surface area (Å²) in [4.78, 5) is 11.6. The van der Waals surface area contributed by atoms with E-state index in [1.54, 1.807) is 0 Å². The molecular formula is C11H13N3O3S. The predicted molar refractivity (Wildman–Crippen MR) is 68.1 cm³/mol. The molecule has 1 rings (SSSR count). The van der Waals surface area contributed by atoms with E-state index in [1.165, 1.54) is 30.3 Å². The van der Waals surface area contributed by atoms with E-state index in [-0.39, 0.29) is 16.2 Å². The van der Waals surface area contributed by atoms with Crippen LogP contribution in [0.4, 0.5) is 0 Å². The van der Waals surface area contributed by atoms with Crippen LogP contribution >= 0.6 is 0 Å². The van der Waals surface area contributed by atoms with Gasteiger partial charge in [-0.1, -0.05) is 12.1 Å². The van der Waals surface area contributed by atoms with Crippen LogP contribution in [-0.2, 0) is 9.84 Å². The van der Waals surface area contributed by atoms with Crippen molar-refractivity contribution in [3.63, 3.8) is 0 Å². The number of hydrogen-bond acceptors (Lipinski definition) is 4. The summed E-state index contributed by atoms with van der Waals surface area (Å²) in [7, 11) is -3.48. The molecule has 0 fully saturated rings. The first kappa shape index (κ1) is 13.9. The number of sulfone groups is 1. The van der Waals surface area contributed by atoms with E-state index in [0.717, 1.165) is 0 Å². The van der Waals surface area contributed by atoms with E-state index in [2.05, 4.69) is 11.9 Å². The van der Waals surface area contributed by atoms with Crippen LogP contribution in [0.1, 0.15) is 10.4 Å². The normalized spacial score (nSPS) is 10.7.